The number of rotatable bonds is 3. The van der Waals surface area contributed by atoms with Crippen LogP contribution < -0.4 is 19.9 Å². The zero-order valence-electron chi connectivity index (χ0n) is 75.3. The molecule has 0 spiro atoms. The van der Waals surface area contributed by atoms with Crippen LogP contribution in [0, 0.1) is 69.5 Å². The van der Waals surface area contributed by atoms with Crippen LogP contribution in [0.3, 0.4) is 0 Å². The van der Waals surface area contributed by atoms with Crippen LogP contribution in [0.15, 0.2) is 60.2 Å². The van der Waals surface area contributed by atoms with Gasteiger partial charge in [-0.3, -0.25) is 28.8 Å². The largest absolute Gasteiger partial charge is 0.540 e. The molecule has 6 bridgehead atoms. The number of amides is 3. The number of carbonyl (C=O) groups is 6. The van der Waals surface area contributed by atoms with E-state index >= 15 is 0 Å². The molecule has 9 aliphatic rings. The summed E-state index contributed by atoms with van der Waals surface area (Å²) in [5.41, 5.74) is 0.423. The first-order valence-electron chi connectivity index (χ1n) is 44.9. The van der Waals surface area contributed by atoms with Crippen LogP contribution in [0.25, 0.3) is 16.9 Å². The number of hydrogen-bond acceptors (Lipinski definition) is 21. The number of esters is 3. The van der Waals surface area contributed by atoms with E-state index in [1.165, 1.54) is 20.2 Å². The van der Waals surface area contributed by atoms with Gasteiger partial charge in [-0.25, -0.2) is 42.7 Å². The molecule has 6 aromatic rings. The minimum atomic E-state index is -0.856. The molecule has 0 aromatic carbocycles. The summed E-state index contributed by atoms with van der Waals surface area (Å²) in [4.78, 5) is 151. The summed E-state index contributed by atoms with van der Waals surface area (Å²) < 4.78 is 44.5. The average molecular weight is 1820 g/mol. The van der Waals surface area contributed by atoms with Crippen molar-refractivity contribution in [2.75, 3.05) is 19.6 Å². The number of carbonyl (C=O) groups excluding carboxylic acids is 9. The van der Waals surface area contributed by atoms with Crippen molar-refractivity contribution in [3.63, 3.8) is 0 Å². The van der Waals surface area contributed by atoms with E-state index in [4.69, 9.17) is 33.4 Å². The number of aryl methyl sites for hydroxylation is 2. The SMILES string of the molecule is C[C@@H]1[C@@H]2CN(C(=O)[C@H](C(C)(C)C)CC(=O)O[C@]3(C)CCC[C@H]3CCCCCc3cn4ccnc4cc3O2)[C@@H]1[C-]=O.C[C@@H]1[C@@H]2CN(C(=O)[C@H](C(C)(C)C)CC(=O)O[C@]3(C)CCC[C@H]3CCCCCc3nc4ccnn4cc3O2)[C@@H]1[C-]=O.C[C@@H]1[C@@H]2CN(C(=O)[C@H](C(C)(C)C)CC(=O)O[C@]3(C)CCC[C@H]3CCCCCn3c(nc4ccnn4c3=O)O2)[C@@H]1[C-]=O.[V].[V].[V]. The van der Waals surface area contributed by atoms with Gasteiger partial charge in [-0.2, -0.15) is 19.7 Å². The molecule has 3 radical (unpaired) electrons. The molecule has 0 unspecified atom stereocenters. The number of pyridine rings is 1. The van der Waals surface area contributed by atoms with Crippen molar-refractivity contribution in [2.45, 2.75) is 331 Å². The molecule has 6 aromatic heterocycles. The first-order chi connectivity index (χ1) is 57.4. The molecule has 6 fully saturated rings. The van der Waals surface area contributed by atoms with E-state index in [2.05, 4.69) is 52.8 Å². The predicted octanol–water partition coefficient (Wildman–Crippen LogP) is 13.3. The van der Waals surface area contributed by atoms with Crippen LogP contribution in [0.4, 0.5) is 0 Å². The van der Waals surface area contributed by atoms with E-state index in [1.807, 2.05) is 125 Å². The molecule has 12 heterocycles. The number of nitrogens with zero attached hydrogens (tertiary/aromatic N) is 12. The van der Waals surface area contributed by atoms with Crippen LogP contribution in [-0.2, 0) is 132 Å². The molecule has 6 aliphatic heterocycles. The van der Waals surface area contributed by atoms with Crippen LogP contribution in [0.5, 0.6) is 17.5 Å². The van der Waals surface area contributed by atoms with Crippen molar-refractivity contribution in [1.29, 1.82) is 0 Å². The molecule has 28 nitrogen and oxygen atoms in total. The van der Waals surface area contributed by atoms with E-state index < -0.39 is 87.1 Å². The van der Waals surface area contributed by atoms with E-state index in [-0.39, 0.29) is 166 Å². The van der Waals surface area contributed by atoms with E-state index in [1.54, 1.807) is 32.8 Å². The standard InChI is InChI=1S/C32H44N3O5.C31H43N4O5.C30H42N5O6.3V/c1-21-25(20-36)35-19-27(21)39-26-17-28-33-14-15-34(28)18-22(26)10-7-6-8-11-23-12-9-13-32(23,5)40-29(37)16-24(30(35)38)31(2,3)4;1-20-24(19-36)34-17-25(20)39-26-18-35-27(13-15-32-35)33-23(26)12-8-6-7-10-21-11-9-14-31(21,5)40-28(37)16-22(29(34)38)30(2,3)4;1-19-22(18-36)34-17-23(19)40-27-32-24-12-14-31-35(24)28(39)33(27)15-8-6-7-10-20-11-9-13-30(20,5)41-25(37)16-21(26(34)38)29(2,3)4;;;/h14-15,17-18,21,23-25,27H,6-13,16,19H2,1-5H3;13,15,18,20-22,24-25H,6-12,14,16-17H2,1-5H3;12,14,19-23H,6-11,13,15-17H2,1-5H3;;;/q3*-1;;;/t21-,23+,24+,25+,27-,32+;20-,21+,22+,24+,25-,31+;19-,20+,21+,22+,23-,30+;;;/m000.../s1. The monoisotopic (exact) mass is 1820 g/mol. The third-order valence-corrected chi connectivity index (χ3v) is 28.7. The third kappa shape index (κ3) is 21.8. The van der Waals surface area contributed by atoms with Gasteiger partial charge in [0.1, 0.15) is 46.5 Å². The fourth-order valence-corrected chi connectivity index (χ4v) is 20.8. The van der Waals surface area contributed by atoms with Crippen molar-refractivity contribution in [3.05, 3.63) is 77.1 Å². The number of fused-ring (bicyclic) bond motifs is 15. The average Bonchev–Trinajstić information content (AvgIpc) is 1.63. The maximum Gasteiger partial charge on any atom is 0.354 e. The second kappa shape index (κ2) is 41.0. The van der Waals surface area contributed by atoms with Gasteiger partial charge in [0.15, 0.2) is 17.0 Å². The Kier molecular flexibility index (Phi) is 32.6. The molecular weight excluding hydrogens is 1690 g/mol. The summed E-state index contributed by atoms with van der Waals surface area (Å²) >= 11 is 0. The van der Waals surface area contributed by atoms with Gasteiger partial charge in [0.05, 0.1) is 80.9 Å². The van der Waals surface area contributed by atoms with Gasteiger partial charge in [-0.1, -0.05) is 140 Å². The number of aromatic nitrogens is 9. The first kappa shape index (κ1) is 98.8. The number of hydrogen-bond donors (Lipinski definition) is 0. The quantitative estimate of drug-likeness (QED) is 0.0902. The summed E-state index contributed by atoms with van der Waals surface area (Å²) in [6.07, 6.45) is 37.7. The van der Waals surface area contributed by atoms with Crippen molar-refractivity contribution in [3.8, 4) is 17.5 Å². The van der Waals surface area contributed by atoms with Crippen LogP contribution >= 0.6 is 0 Å². The van der Waals surface area contributed by atoms with Gasteiger partial charge in [0.2, 0.25) is 17.7 Å². The van der Waals surface area contributed by atoms with Crippen molar-refractivity contribution in [1.82, 2.24) is 57.8 Å². The molecule has 0 N–H and O–H groups in total. The Morgan fingerprint density at radius 3 is 1.31 bits per heavy atom. The van der Waals surface area contributed by atoms with Crippen LogP contribution in [0.2, 0.25) is 0 Å². The Balaban J connectivity index is 0.000000192. The van der Waals surface area contributed by atoms with Gasteiger partial charge < -0.3 is 61.9 Å². The topological polar surface area (TPSA) is 318 Å². The number of ether oxygens (including phenoxy) is 6. The van der Waals surface area contributed by atoms with Gasteiger partial charge >= 0.3 is 29.6 Å². The van der Waals surface area contributed by atoms with Crippen LogP contribution in [-0.4, -0.2) is 185 Å². The number of imidazole rings is 1. The molecule has 31 heteroatoms. The zero-order chi connectivity index (χ0) is 86.8. The molecule has 675 valence electrons. The van der Waals surface area contributed by atoms with Crippen molar-refractivity contribution < 1.29 is 127 Å². The molecular formula is C93H129N12O16V3-3. The summed E-state index contributed by atoms with van der Waals surface area (Å²) in [6.45, 7) is 30.4. The van der Waals surface area contributed by atoms with Gasteiger partial charge in [-0.05, 0) is 182 Å². The molecule has 15 rings (SSSR count). The van der Waals surface area contributed by atoms with Crippen LogP contribution in [0.1, 0.15) is 269 Å². The Hall–Kier alpha value is -7.36. The molecule has 124 heavy (non-hydrogen) atoms. The van der Waals surface area contributed by atoms with Gasteiger partial charge in [-0.15, -0.1) is 0 Å². The molecule has 18 atom stereocenters. The third-order valence-electron chi connectivity index (χ3n) is 28.7. The van der Waals surface area contributed by atoms with E-state index in [0.717, 1.165) is 176 Å². The summed E-state index contributed by atoms with van der Waals surface area (Å²) in [5.74, 6) is -2.40. The minimum absolute atomic E-state index is 0. The smallest absolute Gasteiger partial charge is 0.354 e. The zero-order valence-corrected chi connectivity index (χ0v) is 79.5. The Morgan fingerprint density at radius 1 is 0.452 bits per heavy atom. The van der Waals surface area contributed by atoms with Crippen molar-refractivity contribution in [2.24, 2.45) is 69.5 Å². The molecule has 3 amide bonds. The van der Waals surface area contributed by atoms with Gasteiger partial charge in [0.25, 0.3) is 0 Å². The molecule has 3 aliphatic carbocycles. The maximum absolute atomic E-state index is 14.1. The van der Waals surface area contributed by atoms with Gasteiger partial charge in [0, 0.05) is 105 Å². The minimum Gasteiger partial charge on any atom is -0.540 e. The molecule has 3 saturated heterocycles. The van der Waals surface area contributed by atoms with E-state index in [9.17, 15) is 47.9 Å². The predicted molar refractivity (Wildman–Crippen MR) is 451 cm³/mol. The summed E-state index contributed by atoms with van der Waals surface area (Å²) in [6, 6.07) is 3.26. The Labute approximate surface area is 765 Å². The fraction of sp³-hybridized carbons (Fsp3) is 0.710. The summed E-state index contributed by atoms with van der Waals surface area (Å²) in [7, 11) is 0. The Morgan fingerprint density at radius 2 is 0.863 bits per heavy atom. The van der Waals surface area contributed by atoms with E-state index in [0.29, 0.717) is 29.8 Å². The normalized spacial score (nSPS) is 31.6. The second-order valence-electron chi connectivity index (χ2n) is 40.2. The second-order valence-corrected chi connectivity index (χ2v) is 40.2. The first-order valence-corrected chi connectivity index (χ1v) is 44.9. The van der Waals surface area contributed by atoms with Crippen molar-refractivity contribution >= 4 is 71.4 Å². The molecule has 3 saturated carbocycles. The Bertz CT molecular complexity index is 4630. The fourth-order valence-electron chi connectivity index (χ4n) is 20.8. The maximum atomic E-state index is 14.1. The summed E-state index contributed by atoms with van der Waals surface area (Å²) in [5, 5.41) is 8.46.